The minimum Gasteiger partial charge on any atom is -0.507 e. The van der Waals surface area contributed by atoms with Crippen molar-refractivity contribution < 1.29 is 34.3 Å². The summed E-state index contributed by atoms with van der Waals surface area (Å²) in [5.41, 5.74) is 0.337. The number of benzene rings is 1. The first-order chi connectivity index (χ1) is 9.96. The largest absolute Gasteiger partial charge is 0.507 e. The number of cyclic esters (lactones) is 1. The maximum Gasteiger partial charge on any atom is 0.378 e. The van der Waals surface area contributed by atoms with E-state index < -0.39 is 30.6 Å². The molecule has 1 aromatic rings. The molecule has 0 bridgehead atoms. The Morgan fingerprint density at radius 3 is 2.71 bits per heavy atom. The highest BCUT2D eigenvalue weighted by Gasteiger charge is 2.53. The van der Waals surface area contributed by atoms with Crippen LogP contribution in [0.3, 0.4) is 0 Å². The maximum atomic E-state index is 11.8. The molecular weight excluding hydrogens is 280 g/mol. The molecule has 2 aliphatic rings. The summed E-state index contributed by atoms with van der Waals surface area (Å²) >= 11 is 0. The second-order valence-electron chi connectivity index (χ2n) is 4.94. The van der Waals surface area contributed by atoms with Crippen LogP contribution in [0.25, 0.3) is 0 Å². The van der Waals surface area contributed by atoms with Crippen LogP contribution >= 0.6 is 0 Å². The molecule has 7 nitrogen and oxygen atoms in total. The van der Waals surface area contributed by atoms with Gasteiger partial charge in [-0.1, -0.05) is 12.1 Å². The molecule has 0 saturated carbocycles. The topological polar surface area (TPSA) is 105 Å². The SMILES string of the molecule is CC1(c2ccccc2O)OC2=C(O1)C(C(O)CO)OC2=O. The van der Waals surface area contributed by atoms with E-state index in [-0.39, 0.29) is 17.3 Å². The van der Waals surface area contributed by atoms with E-state index in [9.17, 15) is 15.0 Å². The average Bonchev–Trinajstić information content (AvgIpc) is 2.95. The maximum absolute atomic E-state index is 11.8. The number of aliphatic hydroxyl groups is 2. The lowest BCUT2D eigenvalue weighted by Crippen LogP contribution is -2.35. The third kappa shape index (κ3) is 2.01. The number of ether oxygens (including phenoxy) is 3. The van der Waals surface area contributed by atoms with Crippen LogP contribution in [0, 0.1) is 0 Å². The summed E-state index contributed by atoms with van der Waals surface area (Å²) < 4.78 is 16.0. The number of aliphatic hydroxyl groups excluding tert-OH is 2. The molecule has 0 aliphatic carbocycles. The van der Waals surface area contributed by atoms with Crippen LogP contribution in [0.2, 0.25) is 0 Å². The Hall–Kier alpha value is -2.25. The van der Waals surface area contributed by atoms with Crippen LogP contribution < -0.4 is 0 Å². The lowest BCUT2D eigenvalue weighted by atomic mass is 10.1. The van der Waals surface area contributed by atoms with Crippen LogP contribution in [-0.2, 0) is 24.8 Å². The molecule has 2 heterocycles. The molecule has 0 saturated heterocycles. The van der Waals surface area contributed by atoms with Crippen LogP contribution in [0.4, 0.5) is 0 Å². The number of esters is 1. The monoisotopic (exact) mass is 294 g/mol. The van der Waals surface area contributed by atoms with Gasteiger partial charge in [0.05, 0.1) is 12.2 Å². The van der Waals surface area contributed by atoms with Crippen molar-refractivity contribution in [1.82, 2.24) is 0 Å². The molecule has 1 aromatic carbocycles. The van der Waals surface area contributed by atoms with Gasteiger partial charge in [-0.3, -0.25) is 0 Å². The van der Waals surface area contributed by atoms with Gasteiger partial charge >= 0.3 is 5.97 Å². The zero-order valence-corrected chi connectivity index (χ0v) is 11.1. The van der Waals surface area contributed by atoms with E-state index in [1.165, 1.54) is 13.0 Å². The number of hydrogen-bond donors (Lipinski definition) is 3. The predicted octanol–water partition coefficient (Wildman–Crippen LogP) is 0.102. The quantitative estimate of drug-likeness (QED) is 0.679. The van der Waals surface area contributed by atoms with Crippen LogP contribution in [0.15, 0.2) is 35.8 Å². The Kier molecular flexibility index (Phi) is 3.03. The van der Waals surface area contributed by atoms with E-state index in [0.717, 1.165) is 0 Å². The van der Waals surface area contributed by atoms with Gasteiger partial charge in [-0.25, -0.2) is 4.79 Å². The zero-order valence-electron chi connectivity index (χ0n) is 11.1. The van der Waals surface area contributed by atoms with E-state index in [1.807, 2.05) is 0 Å². The van der Waals surface area contributed by atoms with Crippen molar-refractivity contribution in [2.75, 3.05) is 6.61 Å². The first kappa shape index (κ1) is 13.7. The molecule has 3 N–H and O–H groups in total. The highest BCUT2D eigenvalue weighted by atomic mass is 16.8. The number of phenolic OH excluding ortho intramolecular Hbond substituents is 1. The van der Waals surface area contributed by atoms with Crippen LogP contribution in [-0.4, -0.2) is 40.1 Å². The minimum atomic E-state index is -1.40. The van der Waals surface area contributed by atoms with Gasteiger partial charge in [0.25, 0.3) is 11.5 Å². The van der Waals surface area contributed by atoms with Crippen LogP contribution in [0.1, 0.15) is 12.5 Å². The number of aromatic hydroxyl groups is 1. The Balaban J connectivity index is 1.93. The first-order valence-corrected chi connectivity index (χ1v) is 6.37. The van der Waals surface area contributed by atoms with Crippen molar-refractivity contribution in [3.8, 4) is 5.75 Å². The van der Waals surface area contributed by atoms with E-state index in [2.05, 4.69) is 0 Å². The summed E-state index contributed by atoms with van der Waals surface area (Å²) in [4.78, 5) is 11.8. The van der Waals surface area contributed by atoms with Crippen LogP contribution in [0.5, 0.6) is 5.75 Å². The van der Waals surface area contributed by atoms with Gasteiger partial charge in [0.15, 0.2) is 11.9 Å². The van der Waals surface area contributed by atoms with E-state index >= 15 is 0 Å². The van der Waals surface area contributed by atoms with Crippen molar-refractivity contribution in [1.29, 1.82) is 0 Å². The fourth-order valence-corrected chi connectivity index (χ4v) is 2.39. The van der Waals surface area contributed by atoms with E-state index in [4.69, 9.17) is 19.3 Å². The van der Waals surface area contributed by atoms with Gasteiger partial charge in [-0.05, 0) is 12.1 Å². The third-order valence-electron chi connectivity index (χ3n) is 3.43. The highest BCUT2D eigenvalue weighted by molar-refractivity contribution is 5.90. The van der Waals surface area contributed by atoms with Crippen molar-refractivity contribution in [3.63, 3.8) is 0 Å². The number of phenols is 1. The summed E-state index contributed by atoms with van der Waals surface area (Å²) in [6.07, 6.45) is -2.43. The molecule has 3 atom stereocenters. The number of hydrogen-bond acceptors (Lipinski definition) is 7. The lowest BCUT2D eigenvalue weighted by Gasteiger charge is -2.28. The fraction of sp³-hybridized carbons (Fsp3) is 0.357. The summed E-state index contributed by atoms with van der Waals surface area (Å²) in [5, 5.41) is 28.6. The Bertz CT molecular complexity index is 624. The Morgan fingerprint density at radius 2 is 2.05 bits per heavy atom. The number of rotatable bonds is 3. The third-order valence-corrected chi connectivity index (χ3v) is 3.43. The molecule has 0 amide bonds. The van der Waals surface area contributed by atoms with Gasteiger partial charge < -0.3 is 29.5 Å². The molecule has 3 rings (SSSR count). The predicted molar refractivity (Wildman–Crippen MR) is 67.6 cm³/mol. The highest BCUT2D eigenvalue weighted by Crippen LogP contribution is 2.46. The Morgan fingerprint density at radius 1 is 1.33 bits per heavy atom. The Labute approximate surface area is 120 Å². The number of para-hydroxylation sites is 1. The molecule has 0 aromatic heterocycles. The van der Waals surface area contributed by atoms with Gasteiger partial charge in [0, 0.05) is 6.92 Å². The van der Waals surface area contributed by atoms with E-state index in [0.29, 0.717) is 5.56 Å². The summed E-state index contributed by atoms with van der Waals surface area (Å²) in [5.74, 6) is -2.36. The molecule has 0 radical (unpaired) electrons. The average molecular weight is 294 g/mol. The van der Waals surface area contributed by atoms with Gasteiger partial charge in [0.1, 0.15) is 11.9 Å². The van der Waals surface area contributed by atoms with Crippen molar-refractivity contribution >= 4 is 5.97 Å². The minimum absolute atomic E-state index is 0.0207. The molecule has 0 spiro atoms. The fourth-order valence-electron chi connectivity index (χ4n) is 2.39. The second kappa shape index (κ2) is 4.64. The summed E-state index contributed by atoms with van der Waals surface area (Å²) in [6, 6.07) is 6.40. The second-order valence-corrected chi connectivity index (χ2v) is 4.94. The van der Waals surface area contributed by atoms with Crippen molar-refractivity contribution in [3.05, 3.63) is 41.3 Å². The van der Waals surface area contributed by atoms with Crippen molar-refractivity contribution in [2.45, 2.75) is 24.9 Å². The van der Waals surface area contributed by atoms with E-state index in [1.54, 1.807) is 18.2 Å². The molecule has 3 unspecified atom stereocenters. The standard InChI is InChI=1S/C14H14O7/c1-14(7-4-2-3-5-8(7)16)20-11-10(9(17)6-15)19-13(18)12(11)21-14/h2-5,9-10,15-17H,6H2,1H3. The number of carbonyl (C=O) groups is 1. The molecule has 0 fully saturated rings. The summed E-state index contributed by atoms with van der Waals surface area (Å²) in [6.45, 7) is 0.946. The molecule has 21 heavy (non-hydrogen) atoms. The summed E-state index contributed by atoms with van der Waals surface area (Å²) in [7, 11) is 0. The molecular formula is C14H14O7. The van der Waals surface area contributed by atoms with Gasteiger partial charge in [0.2, 0.25) is 0 Å². The van der Waals surface area contributed by atoms with Gasteiger partial charge in [-0.2, -0.15) is 0 Å². The lowest BCUT2D eigenvalue weighted by molar-refractivity contribution is -0.189. The first-order valence-electron chi connectivity index (χ1n) is 6.37. The smallest absolute Gasteiger partial charge is 0.378 e. The zero-order chi connectivity index (χ0) is 15.2. The van der Waals surface area contributed by atoms with Gasteiger partial charge in [-0.15, -0.1) is 0 Å². The normalized spacial score (nSPS) is 28.7. The molecule has 7 heteroatoms. The molecule has 112 valence electrons. The molecule has 2 aliphatic heterocycles. The van der Waals surface area contributed by atoms with Crippen molar-refractivity contribution in [2.24, 2.45) is 0 Å². The number of carbonyl (C=O) groups excluding carboxylic acids is 1.